The summed E-state index contributed by atoms with van der Waals surface area (Å²) in [5.74, 6) is 1.19. The van der Waals surface area contributed by atoms with Crippen molar-refractivity contribution in [1.82, 2.24) is 4.90 Å². The van der Waals surface area contributed by atoms with E-state index in [0.717, 1.165) is 24.2 Å². The Morgan fingerprint density at radius 3 is 3.00 bits per heavy atom. The molecule has 1 aliphatic heterocycles. The van der Waals surface area contributed by atoms with Crippen LogP contribution in [0, 0.1) is 5.92 Å². The Balaban J connectivity index is 1.98. The van der Waals surface area contributed by atoms with Gasteiger partial charge in [-0.15, -0.1) is 0 Å². The summed E-state index contributed by atoms with van der Waals surface area (Å²) in [5.41, 5.74) is 1.08. The smallest absolute Gasteiger partial charge is 0.226 e. The first-order valence-corrected chi connectivity index (χ1v) is 6.56. The third kappa shape index (κ3) is 1.61. The van der Waals surface area contributed by atoms with Crippen LogP contribution in [0.25, 0.3) is 0 Å². The molecule has 0 saturated heterocycles. The van der Waals surface area contributed by atoms with Gasteiger partial charge in [0, 0.05) is 36.0 Å². The second-order valence-electron chi connectivity index (χ2n) is 5.38. The van der Waals surface area contributed by atoms with Gasteiger partial charge in [-0.2, -0.15) is 0 Å². The molecule has 1 spiro atoms. The maximum absolute atomic E-state index is 12.1. The van der Waals surface area contributed by atoms with Gasteiger partial charge in [-0.25, -0.2) is 0 Å². The predicted octanol–water partition coefficient (Wildman–Crippen LogP) is 2.47. The highest BCUT2D eigenvalue weighted by Crippen LogP contribution is 2.61. The van der Waals surface area contributed by atoms with Crippen molar-refractivity contribution in [3.8, 4) is 5.75 Å². The second kappa shape index (κ2) is 3.89. The number of rotatable bonds is 1. The Hall–Kier alpha value is -1.22. The highest BCUT2D eigenvalue weighted by Gasteiger charge is 2.61. The van der Waals surface area contributed by atoms with Gasteiger partial charge in [-0.3, -0.25) is 4.79 Å². The fourth-order valence-electron chi connectivity index (χ4n) is 3.01. The SMILES string of the molecule is CN(C)C(=O)[C@@H]1C[C@]12CCOc1ccc(Cl)cc12. The number of halogens is 1. The summed E-state index contributed by atoms with van der Waals surface area (Å²) in [6.45, 7) is 0.686. The van der Waals surface area contributed by atoms with Crippen LogP contribution in [0.15, 0.2) is 18.2 Å². The van der Waals surface area contributed by atoms with Crippen LogP contribution in [0.5, 0.6) is 5.75 Å². The molecule has 1 saturated carbocycles. The summed E-state index contributed by atoms with van der Waals surface area (Å²) >= 11 is 6.07. The van der Waals surface area contributed by atoms with Gasteiger partial charge in [0.15, 0.2) is 0 Å². The molecule has 1 amide bonds. The van der Waals surface area contributed by atoms with Gasteiger partial charge < -0.3 is 9.64 Å². The molecular formula is C14H16ClNO2. The van der Waals surface area contributed by atoms with E-state index in [1.165, 1.54) is 0 Å². The highest BCUT2D eigenvalue weighted by atomic mass is 35.5. The fourth-order valence-corrected chi connectivity index (χ4v) is 3.18. The minimum absolute atomic E-state index is 0.0279. The maximum atomic E-state index is 12.1. The topological polar surface area (TPSA) is 29.5 Å². The third-order valence-corrected chi connectivity index (χ3v) is 4.33. The molecule has 0 aromatic heterocycles. The van der Waals surface area contributed by atoms with E-state index in [0.29, 0.717) is 11.6 Å². The number of amides is 1. The first-order chi connectivity index (χ1) is 8.54. The Morgan fingerprint density at radius 1 is 1.50 bits per heavy atom. The van der Waals surface area contributed by atoms with E-state index >= 15 is 0 Å². The average Bonchev–Trinajstić information content (AvgIpc) is 3.04. The monoisotopic (exact) mass is 265 g/mol. The number of hydrogen-bond donors (Lipinski definition) is 0. The minimum atomic E-state index is -0.0279. The number of carbonyl (C=O) groups is 1. The van der Waals surface area contributed by atoms with Crippen molar-refractivity contribution in [2.45, 2.75) is 18.3 Å². The summed E-state index contributed by atoms with van der Waals surface area (Å²) in [4.78, 5) is 13.8. The number of benzene rings is 1. The molecule has 3 nitrogen and oxygen atoms in total. The van der Waals surface area contributed by atoms with Crippen LogP contribution in [-0.2, 0) is 10.2 Å². The number of fused-ring (bicyclic) bond motifs is 2. The van der Waals surface area contributed by atoms with Crippen molar-refractivity contribution < 1.29 is 9.53 Å². The molecule has 1 aliphatic carbocycles. The van der Waals surface area contributed by atoms with E-state index in [9.17, 15) is 4.79 Å². The first kappa shape index (κ1) is 11.8. The first-order valence-electron chi connectivity index (χ1n) is 6.18. The van der Waals surface area contributed by atoms with Gasteiger partial charge in [0.05, 0.1) is 6.61 Å². The van der Waals surface area contributed by atoms with Crippen LogP contribution in [0.4, 0.5) is 0 Å². The van der Waals surface area contributed by atoms with E-state index in [1.54, 1.807) is 4.90 Å². The lowest BCUT2D eigenvalue weighted by atomic mass is 9.87. The van der Waals surface area contributed by atoms with Crippen LogP contribution in [0.3, 0.4) is 0 Å². The molecule has 0 radical (unpaired) electrons. The standard InChI is InChI=1S/C14H16ClNO2/c1-16(2)13(17)11-8-14(11)5-6-18-12-4-3-9(15)7-10(12)14/h3-4,7,11H,5-6,8H2,1-2H3/t11-,14-/m0/s1. The Labute approximate surface area is 112 Å². The van der Waals surface area contributed by atoms with Crippen LogP contribution in [-0.4, -0.2) is 31.5 Å². The van der Waals surface area contributed by atoms with Gasteiger partial charge in [0.2, 0.25) is 5.91 Å². The van der Waals surface area contributed by atoms with Crippen LogP contribution < -0.4 is 4.74 Å². The molecule has 18 heavy (non-hydrogen) atoms. The maximum Gasteiger partial charge on any atom is 0.226 e. The molecule has 1 fully saturated rings. The zero-order chi connectivity index (χ0) is 12.9. The van der Waals surface area contributed by atoms with Crippen molar-refractivity contribution in [2.24, 2.45) is 5.92 Å². The molecule has 2 atom stereocenters. The number of nitrogens with zero attached hydrogens (tertiary/aromatic N) is 1. The van der Waals surface area contributed by atoms with E-state index in [1.807, 2.05) is 32.3 Å². The summed E-state index contributed by atoms with van der Waals surface area (Å²) in [7, 11) is 3.62. The lowest BCUT2D eigenvalue weighted by molar-refractivity contribution is -0.130. The summed E-state index contributed by atoms with van der Waals surface area (Å²) < 4.78 is 5.66. The molecule has 4 heteroatoms. The normalized spacial score (nSPS) is 28.5. The van der Waals surface area contributed by atoms with E-state index in [4.69, 9.17) is 16.3 Å². The fraction of sp³-hybridized carbons (Fsp3) is 0.500. The van der Waals surface area contributed by atoms with Crippen LogP contribution in [0.1, 0.15) is 18.4 Å². The molecule has 0 unspecified atom stereocenters. The van der Waals surface area contributed by atoms with Crippen molar-refractivity contribution in [3.05, 3.63) is 28.8 Å². The molecule has 1 heterocycles. The van der Waals surface area contributed by atoms with Gasteiger partial charge in [-0.05, 0) is 31.0 Å². The van der Waals surface area contributed by atoms with Crippen molar-refractivity contribution in [1.29, 1.82) is 0 Å². The molecular weight excluding hydrogens is 250 g/mol. The van der Waals surface area contributed by atoms with Crippen LogP contribution in [0.2, 0.25) is 5.02 Å². The lowest BCUT2D eigenvalue weighted by Crippen LogP contribution is -2.30. The average molecular weight is 266 g/mol. The highest BCUT2D eigenvalue weighted by molar-refractivity contribution is 6.30. The largest absolute Gasteiger partial charge is 0.493 e. The van der Waals surface area contributed by atoms with E-state index in [-0.39, 0.29) is 17.2 Å². The third-order valence-electron chi connectivity index (χ3n) is 4.10. The predicted molar refractivity (Wildman–Crippen MR) is 70.0 cm³/mol. The molecule has 0 bridgehead atoms. The second-order valence-corrected chi connectivity index (χ2v) is 5.82. The Kier molecular flexibility index (Phi) is 2.56. The van der Waals surface area contributed by atoms with Gasteiger partial charge in [0.25, 0.3) is 0 Å². The summed E-state index contributed by atoms with van der Waals surface area (Å²) in [6.07, 6.45) is 1.82. The van der Waals surface area contributed by atoms with E-state index < -0.39 is 0 Å². The molecule has 3 rings (SSSR count). The molecule has 1 aromatic rings. The molecule has 96 valence electrons. The van der Waals surface area contributed by atoms with Gasteiger partial charge in [0.1, 0.15) is 5.75 Å². The number of hydrogen-bond acceptors (Lipinski definition) is 2. The number of carbonyl (C=O) groups excluding carboxylic acids is 1. The Bertz CT molecular complexity index is 515. The zero-order valence-corrected chi connectivity index (χ0v) is 11.3. The van der Waals surface area contributed by atoms with Gasteiger partial charge >= 0.3 is 0 Å². The van der Waals surface area contributed by atoms with Crippen molar-refractivity contribution >= 4 is 17.5 Å². The van der Waals surface area contributed by atoms with Gasteiger partial charge in [-0.1, -0.05) is 11.6 Å². The van der Waals surface area contributed by atoms with Crippen LogP contribution >= 0.6 is 11.6 Å². The summed E-state index contributed by atoms with van der Waals surface area (Å²) in [5, 5.41) is 0.710. The summed E-state index contributed by atoms with van der Waals surface area (Å²) in [6, 6.07) is 5.71. The molecule has 0 N–H and O–H groups in total. The lowest BCUT2D eigenvalue weighted by Gasteiger charge is -2.27. The Morgan fingerprint density at radius 2 is 2.28 bits per heavy atom. The molecule has 1 aromatic carbocycles. The zero-order valence-electron chi connectivity index (χ0n) is 10.6. The van der Waals surface area contributed by atoms with E-state index in [2.05, 4.69) is 0 Å². The number of ether oxygens (including phenoxy) is 1. The van der Waals surface area contributed by atoms with Crippen molar-refractivity contribution in [3.63, 3.8) is 0 Å². The van der Waals surface area contributed by atoms with Crippen molar-refractivity contribution in [2.75, 3.05) is 20.7 Å². The molecule has 2 aliphatic rings. The minimum Gasteiger partial charge on any atom is -0.493 e. The quantitative estimate of drug-likeness (QED) is 0.781.